The second-order valence-corrected chi connectivity index (χ2v) is 5.84. The molecule has 0 bridgehead atoms. The van der Waals surface area contributed by atoms with Crippen molar-refractivity contribution in [2.75, 3.05) is 18.2 Å². The van der Waals surface area contributed by atoms with Gasteiger partial charge in [0.05, 0.1) is 6.04 Å². The van der Waals surface area contributed by atoms with Crippen LogP contribution in [-0.4, -0.2) is 30.1 Å². The predicted molar refractivity (Wildman–Crippen MR) is 82.4 cm³/mol. The zero-order valence-electron chi connectivity index (χ0n) is 11.5. The molecule has 1 amide bonds. The molecule has 0 aromatic heterocycles. The highest BCUT2D eigenvalue weighted by Crippen LogP contribution is 2.14. The van der Waals surface area contributed by atoms with E-state index in [2.05, 4.69) is 24.5 Å². The molecule has 0 saturated carbocycles. The first kappa shape index (κ1) is 18.1. The van der Waals surface area contributed by atoms with Gasteiger partial charge in [0.25, 0.3) is 0 Å². The van der Waals surface area contributed by atoms with Gasteiger partial charge < -0.3 is 5.32 Å². The molecule has 0 aromatic rings. The molecule has 5 heteroatoms. The summed E-state index contributed by atoms with van der Waals surface area (Å²) in [6.45, 7) is 5.30. The van der Waals surface area contributed by atoms with Crippen LogP contribution in [0.25, 0.3) is 0 Å². The van der Waals surface area contributed by atoms with Gasteiger partial charge in [0, 0.05) is 18.2 Å². The molecule has 108 valence electrons. The third-order valence-corrected chi connectivity index (χ3v) is 4.20. The minimum atomic E-state index is 0. The van der Waals surface area contributed by atoms with Gasteiger partial charge in [-0.2, -0.15) is 0 Å². The number of nitrogens with one attached hydrogen (secondary N) is 2. The first-order chi connectivity index (χ1) is 8.27. The number of carbonyl (C=O) groups is 1. The SMILES string of the molecule is CCCCC(CCC)CNC(=O)C1CSCN1.Cl. The quantitative estimate of drug-likeness (QED) is 0.723. The summed E-state index contributed by atoms with van der Waals surface area (Å²) in [6.07, 6.45) is 6.21. The van der Waals surface area contributed by atoms with Gasteiger partial charge in [0.15, 0.2) is 0 Å². The van der Waals surface area contributed by atoms with Crippen LogP contribution >= 0.6 is 24.2 Å². The summed E-state index contributed by atoms with van der Waals surface area (Å²) in [4.78, 5) is 11.8. The Morgan fingerprint density at radius 2 is 2.17 bits per heavy atom. The van der Waals surface area contributed by atoms with E-state index in [1.165, 1.54) is 32.1 Å². The van der Waals surface area contributed by atoms with E-state index in [9.17, 15) is 4.79 Å². The molecule has 1 saturated heterocycles. The van der Waals surface area contributed by atoms with Crippen molar-refractivity contribution in [1.82, 2.24) is 10.6 Å². The number of hydrogen-bond donors (Lipinski definition) is 2. The average Bonchev–Trinajstić information content (AvgIpc) is 2.86. The number of carbonyl (C=O) groups excluding carboxylic acids is 1. The van der Waals surface area contributed by atoms with E-state index in [1.54, 1.807) is 11.8 Å². The van der Waals surface area contributed by atoms with Gasteiger partial charge in [-0.25, -0.2) is 0 Å². The highest BCUT2D eigenvalue weighted by atomic mass is 35.5. The molecule has 2 N–H and O–H groups in total. The molecular formula is C13H27ClN2OS. The van der Waals surface area contributed by atoms with Crippen LogP contribution in [0, 0.1) is 5.92 Å². The molecule has 1 aliphatic rings. The van der Waals surface area contributed by atoms with Crippen molar-refractivity contribution in [2.24, 2.45) is 5.92 Å². The maximum Gasteiger partial charge on any atom is 0.238 e. The van der Waals surface area contributed by atoms with Gasteiger partial charge in [-0.15, -0.1) is 24.2 Å². The molecule has 2 atom stereocenters. The molecular weight excluding hydrogens is 268 g/mol. The summed E-state index contributed by atoms with van der Waals surface area (Å²) in [5, 5.41) is 6.31. The minimum absolute atomic E-state index is 0. The minimum Gasteiger partial charge on any atom is -0.354 e. The third-order valence-electron chi connectivity index (χ3n) is 3.26. The fraction of sp³-hybridized carbons (Fsp3) is 0.923. The average molecular weight is 295 g/mol. The van der Waals surface area contributed by atoms with Crippen molar-refractivity contribution in [3.63, 3.8) is 0 Å². The molecule has 1 heterocycles. The standard InChI is InChI=1S/C13H26N2OS.ClH/c1-3-5-7-11(6-4-2)8-14-13(16)12-9-17-10-15-12;/h11-12,15H,3-10H2,1-2H3,(H,14,16);1H. The molecule has 2 unspecified atom stereocenters. The summed E-state index contributed by atoms with van der Waals surface area (Å²) in [5.74, 6) is 2.68. The van der Waals surface area contributed by atoms with Gasteiger partial charge in [-0.1, -0.05) is 33.1 Å². The molecule has 1 fully saturated rings. The Morgan fingerprint density at radius 3 is 2.72 bits per heavy atom. The Labute approximate surface area is 122 Å². The number of rotatable bonds is 8. The smallest absolute Gasteiger partial charge is 0.238 e. The summed E-state index contributed by atoms with van der Waals surface area (Å²) in [5.41, 5.74) is 0. The van der Waals surface area contributed by atoms with Crippen molar-refractivity contribution < 1.29 is 4.79 Å². The summed E-state index contributed by atoms with van der Waals surface area (Å²) in [6, 6.07) is 0.0356. The molecule has 3 nitrogen and oxygen atoms in total. The first-order valence-corrected chi connectivity index (χ1v) is 8.02. The maximum atomic E-state index is 11.8. The van der Waals surface area contributed by atoms with Gasteiger partial charge in [-0.3, -0.25) is 10.1 Å². The van der Waals surface area contributed by atoms with Crippen LogP contribution in [-0.2, 0) is 4.79 Å². The highest BCUT2D eigenvalue weighted by Gasteiger charge is 2.22. The lowest BCUT2D eigenvalue weighted by molar-refractivity contribution is -0.122. The van der Waals surface area contributed by atoms with Crippen LogP contribution in [0.2, 0.25) is 0 Å². The van der Waals surface area contributed by atoms with E-state index in [0.29, 0.717) is 5.92 Å². The van der Waals surface area contributed by atoms with Crippen LogP contribution in [0.3, 0.4) is 0 Å². The van der Waals surface area contributed by atoms with E-state index in [0.717, 1.165) is 18.2 Å². The van der Waals surface area contributed by atoms with Gasteiger partial charge in [0.2, 0.25) is 5.91 Å². The summed E-state index contributed by atoms with van der Waals surface area (Å²) < 4.78 is 0. The number of halogens is 1. The van der Waals surface area contributed by atoms with E-state index >= 15 is 0 Å². The Kier molecular flexibility index (Phi) is 11.0. The molecule has 0 radical (unpaired) electrons. The third kappa shape index (κ3) is 6.86. The molecule has 1 aliphatic heterocycles. The fourth-order valence-electron chi connectivity index (χ4n) is 2.18. The Balaban J connectivity index is 0.00000289. The van der Waals surface area contributed by atoms with E-state index in [4.69, 9.17) is 0 Å². The van der Waals surface area contributed by atoms with Crippen LogP contribution in [0.4, 0.5) is 0 Å². The second-order valence-electron chi connectivity index (χ2n) is 4.81. The van der Waals surface area contributed by atoms with Crippen molar-refractivity contribution >= 4 is 30.1 Å². The molecule has 0 spiro atoms. The number of unbranched alkanes of at least 4 members (excludes halogenated alkanes) is 1. The topological polar surface area (TPSA) is 41.1 Å². The summed E-state index contributed by atoms with van der Waals surface area (Å²) >= 11 is 1.80. The highest BCUT2D eigenvalue weighted by molar-refractivity contribution is 7.99. The van der Waals surface area contributed by atoms with E-state index < -0.39 is 0 Å². The molecule has 0 aliphatic carbocycles. The Morgan fingerprint density at radius 1 is 1.39 bits per heavy atom. The molecule has 1 rings (SSSR count). The lowest BCUT2D eigenvalue weighted by atomic mass is 9.97. The van der Waals surface area contributed by atoms with Crippen molar-refractivity contribution in [3.05, 3.63) is 0 Å². The van der Waals surface area contributed by atoms with Gasteiger partial charge in [-0.05, 0) is 18.8 Å². The fourth-order valence-corrected chi connectivity index (χ4v) is 3.12. The number of thioether (sulfide) groups is 1. The molecule has 18 heavy (non-hydrogen) atoms. The molecule has 0 aromatic carbocycles. The zero-order valence-corrected chi connectivity index (χ0v) is 13.2. The zero-order chi connectivity index (χ0) is 12.5. The largest absolute Gasteiger partial charge is 0.354 e. The first-order valence-electron chi connectivity index (χ1n) is 6.86. The van der Waals surface area contributed by atoms with Crippen LogP contribution in [0.5, 0.6) is 0 Å². The summed E-state index contributed by atoms with van der Waals surface area (Å²) in [7, 11) is 0. The Bertz CT molecular complexity index is 223. The second kappa shape index (κ2) is 10.9. The monoisotopic (exact) mass is 294 g/mol. The number of amides is 1. The van der Waals surface area contributed by atoms with E-state index in [1.807, 2.05) is 0 Å². The lowest BCUT2D eigenvalue weighted by Crippen LogP contribution is -2.43. The predicted octanol–water partition coefficient (Wildman–Crippen LogP) is 2.79. The Hall–Kier alpha value is 0.0700. The number of hydrogen-bond acceptors (Lipinski definition) is 3. The van der Waals surface area contributed by atoms with Gasteiger partial charge >= 0.3 is 0 Å². The van der Waals surface area contributed by atoms with Crippen molar-refractivity contribution in [3.8, 4) is 0 Å². The normalized spacial score (nSPS) is 20.2. The van der Waals surface area contributed by atoms with Gasteiger partial charge in [0.1, 0.15) is 0 Å². The van der Waals surface area contributed by atoms with Crippen molar-refractivity contribution in [1.29, 1.82) is 0 Å². The van der Waals surface area contributed by atoms with Crippen molar-refractivity contribution in [2.45, 2.75) is 52.0 Å². The van der Waals surface area contributed by atoms with E-state index in [-0.39, 0.29) is 24.4 Å². The van der Waals surface area contributed by atoms with Crippen LogP contribution in [0.15, 0.2) is 0 Å². The van der Waals surface area contributed by atoms with Crippen LogP contribution < -0.4 is 10.6 Å². The van der Waals surface area contributed by atoms with Crippen LogP contribution in [0.1, 0.15) is 46.0 Å². The lowest BCUT2D eigenvalue weighted by Gasteiger charge is -2.18. The maximum absolute atomic E-state index is 11.8.